The van der Waals surface area contributed by atoms with Crippen LogP contribution in [-0.4, -0.2) is 28.5 Å². The highest BCUT2D eigenvalue weighted by Crippen LogP contribution is 2.21. The van der Waals surface area contributed by atoms with Crippen molar-refractivity contribution < 1.29 is 9.53 Å². The molecule has 1 aromatic heterocycles. The zero-order chi connectivity index (χ0) is 19.9. The van der Waals surface area contributed by atoms with Crippen molar-refractivity contribution in [3.05, 3.63) is 76.6 Å². The largest absolute Gasteiger partial charge is 0.484 e. The lowest BCUT2D eigenvalue weighted by atomic mass is 10.2. The third kappa shape index (κ3) is 4.55. The Bertz CT molecular complexity index is 1040. The van der Waals surface area contributed by atoms with Crippen LogP contribution >= 0.6 is 11.6 Å². The van der Waals surface area contributed by atoms with Crippen molar-refractivity contribution >= 4 is 23.7 Å². The fourth-order valence-electron chi connectivity index (χ4n) is 2.37. The number of nitrogens with one attached hydrogen (secondary N) is 1. The molecule has 3 rings (SSSR count). The van der Waals surface area contributed by atoms with Gasteiger partial charge in [-0.25, -0.2) is 10.1 Å². The minimum Gasteiger partial charge on any atom is -0.484 e. The molecule has 0 unspecified atom stereocenters. The fraction of sp³-hybridized carbons (Fsp3) is 0.100. The maximum Gasteiger partial charge on any atom is 0.277 e. The molecule has 0 saturated heterocycles. The van der Waals surface area contributed by atoms with Gasteiger partial charge in [0.2, 0.25) is 0 Å². The van der Waals surface area contributed by atoms with Crippen molar-refractivity contribution in [2.75, 3.05) is 6.61 Å². The molecule has 0 atom stereocenters. The molecule has 0 saturated carbocycles. The summed E-state index contributed by atoms with van der Waals surface area (Å²) in [5.41, 5.74) is 5.02. The number of aromatic nitrogens is 2. The van der Waals surface area contributed by atoms with Crippen LogP contribution in [-0.2, 0) is 4.79 Å². The maximum atomic E-state index is 11.9. The van der Waals surface area contributed by atoms with E-state index in [1.807, 2.05) is 43.3 Å². The number of benzene rings is 2. The van der Waals surface area contributed by atoms with E-state index < -0.39 is 5.91 Å². The second-order valence-corrected chi connectivity index (χ2v) is 6.11. The highest BCUT2D eigenvalue weighted by Gasteiger charge is 2.13. The normalized spacial score (nSPS) is 10.6. The maximum absolute atomic E-state index is 11.9. The molecule has 0 aliphatic rings. The van der Waals surface area contributed by atoms with Gasteiger partial charge in [-0.3, -0.25) is 4.79 Å². The summed E-state index contributed by atoms with van der Waals surface area (Å²) in [5, 5.41) is 17.5. The lowest BCUT2D eigenvalue weighted by molar-refractivity contribution is -0.123. The van der Waals surface area contributed by atoms with E-state index in [4.69, 9.17) is 21.6 Å². The van der Waals surface area contributed by atoms with Crippen LogP contribution in [0.1, 0.15) is 16.8 Å². The van der Waals surface area contributed by atoms with Gasteiger partial charge in [0.15, 0.2) is 6.61 Å². The number of nitriles is 1. The summed E-state index contributed by atoms with van der Waals surface area (Å²) in [6.45, 7) is 1.60. The van der Waals surface area contributed by atoms with Crippen molar-refractivity contribution in [1.29, 1.82) is 5.26 Å². The van der Waals surface area contributed by atoms with Crippen LogP contribution in [0.3, 0.4) is 0 Å². The SMILES string of the molecule is Cc1nn(-c2ccccc2)c(Cl)c1/C=N/NC(=O)COc1ccc(C#N)cc1. The molecule has 140 valence electrons. The van der Waals surface area contributed by atoms with Crippen molar-refractivity contribution in [2.24, 2.45) is 5.10 Å². The first kappa shape index (κ1) is 19.1. The standard InChI is InChI=1S/C20H16ClN5O2/c1-14-18(20(21)26(25-14)16-5-3-2-4-6-16)12-23-24-19(27)13-28-17-9-7-15(11-22)8-10-17/h2-10,12H,13H2,1H3,(H,24,27)/b23-12+. The molecule has 28 heavy (non-hydrogen) atoms. The van der Waals surface area contributed by atoms with E-state index in [9.17, 15) is 4.79 Å². The monoisotopic (exact) mass is 393 g/mol. The summed E-state index contributed by atoms with van der Waals surface area (Å²) >= 11 is 6.39. The molecule has 1 N–H and O–H groups in total. The summed E-state index contributed by atoms with van der Waals surface area (Å²) in [6, 6.07) is 18.0. The van der Waals surface area contributed by atoms with Gasteiger partial charge < -0.3 is 4.74 Å². The Morgan fingerprint density at radius 1 is 1.29 bits per heavy atom. The first-order chi connectivity index (χ1) is 13.6. The number of nitrogens with zero attached hydrogens (tertiary/aromatic N) is 4. The van der Waals surface area contributed by atoms with Gasteiger partial charge >= 0.3 is 0 Å². The molecule has 0 fully saturated rings. The van der Waals surface area contributed by atoms with E-state index >= 15 is 0 Å². The summed E-state index contributed by atoms with van der Waals surface area (Å²) in [7, 11) is 0. The number of hydrazone groups is 1. The number of para-hydroxylation sites is 1. The average molecular weight is 394 g/mol. The van der Waals surface area contributed by atoms with Crippen LogP contribution < -0.4 is 10.2 Å². The number of amides is 1. The molecule has 1 heterocycles. The van der Waals surface area contributed by atoms with E-state index in [0.29, 0.717) is 27.7 Å². The van der Waals surface area contributed by atoms with Crippen LogP contribution in [0.2, 0.25) is 5.15 Å². The van der Waals surface area contributed by atoms with Crippen LogP contribution in [0.15, 0.2) is 59.7 Å². The Labute approximate surface area is 166 Å². The predicted octanol–water partition coefficient (Wildman–Crippen LogP) is 3.23. The number of hydrogen-bond donors (Lipinski definition) is 1. The quantitative estimate of drug-likeness (QED) is 0.514. The van der Waals surface area contributed by atoms with Gasteiger partial charge in [0, 0.05) is 0 Å². The molecule has 0 radical (unpaired) electrons. The van der Waals surface area contributed by atoms with Gasteiger partial charge in [-0.05, 0) is 43.3 Å². The molecule has 0 bridgehead atoms. The van der Waals surface area contributed by atoms with Crippen molar-refractivity contribution in [1.82, 2.24) is 15.2 Å². The van der Waals surface area contributed by atoms with Crippen LogP contribution in [0.4, 0.5) is 0 Å². The van der Waals surface area contributed by atoms with Crippen LogP contribution in [0.5, 0.6) is 5.75 Å². The Hall–Kier alpha value is -3.63. The Balaban J connectivity index is 1.59. The number of ether oxygens (including phenoxy) is 1. The number of rotatable bonds is 6. The van der Waals surface area contributed by atoms with Gasteiger partial charge in [-0.2, -0.15) is 15.5 Å². The van der Waals surface area contributed by atoms with E-state index in [1.165, 1.54) is 6.21 Å². The van der Waals surface area contributed by atoms with E-state index in [0.717, 1.165) is 5.69 Å². The first-order valence-corrected chi connectivity index (χ1v) is 8.71. The minimum absolute atomic E-state index is 0.209. The van der Waals surface area contributed by atoms with Gasteiger partial charge in [0.05, 0.1) is 34.8 Å². The highest BCUT2D eigenvalue weighted by molar-refractivity contribution is 6.32. The van der Waals surface area contributed by atoms with Crippen molar-refractivity contribution in [3.8, 4) is 17.5 Å². The lowest BCUT2D eigenvalue weighted by Crippen LogP contribution is -2.24. The summed E-state index contributed by atoms with van der Waals surface area (Å²) < 4.78 is 6.95. The van der Waals surface area contributed by atoms with E-state index in [1.54, 1.807) is 28.9 Å². The van der Waals surface area contributed by atoms with Crippen LogP contribution in [0.25, 0.3) is 5.69 Å². The predicted molar refractivity (Wildman–Crippen MR) is 106 cm³/mol. The molecule has 1 amide bonds. The smallest absolute Gasteiger partial charge is 0.277 e. The number of hydrogen-bond acceptors (Lipinski definition) is 5. The molecule has 2 aromatic carbocycles. The lowest BCUT2D eigenvalue weighted by Gasteiger charge is -2.04. The van der Waals surface area contributed by atoms with Gasteiger partial charge in [-0.1, -0.05) is 29.8 Å². The third-order valence-corrected chi connectivity index (χ3v) is 4.15. The van der Waals surface area contributed by atoms with E-state index in [2.05, 4.69) is 15.6 Å². The molecule has 8 heteroatoms. The Morgan fingerprint density at radius 3 is 2.68 bits per heavy atom. The number of carbonyl (C=O) groups excluding carboxylic acids is 1. The van der Waals surface area contributed by atoms with E-state index in [-0.39, 0.29) is 6.61 Å². The Kier molecular flexibility index (Phi) is 6.04. The fourth-order valence-corrected chi connectivity index (χ4v) is 2.69. The molecule has 0 aliphatic heterocycles. The molecule has 0 aliphatic carbocycles. The number of carbonyl (C=O) groups is 1. The Morgan fingerprint density at radius 2 is 2.00 bits per heavy atom. The zero-order valence-corrected chi connectivity index (χ0v) is 15.7. The number of halogens is 1. The highest BCUT2D eigenvalue weighted by atomic mass is 35.5. The molecule has 7 nitrogen and oxygen atoms in total. The second kappa shape index (κ2) is 8.84. The van der Waals surface area contributed by atoms with Crippen molar-refractivity contribution in [3.63, 3.8) is 0 Å². The minimum atomic E-state index is -0.426. The third-order valence-electron chi connectivity index (χ3n) is 3.79. The summed E-state index contributed by atoms with van der Waals surface area (Å²) in [4.78, 5) is 11.9. The summed E-state index contributed by atoms with van der Waals surface area (Å²) in [5.74, 6) is 0.0611. The van der Waals surface area contributed by atoms with Gasteiger partial charge in [0.1, 0.15) is 10.9 Å². The number of aryl methyl sites for hydroxylation is 1. The average Bonchev–Trinajstić information content (AvgIpc) is 3.01. The summed E-state index contributed by atoms with van der Waals surface area (Å²) in [6.07, 6.45) is 1.45. The molecular weight excluding hydrogens is 378 g/mol. The molecule has 0 spiro atoms. The zero-order valence-electron chi connectivity index (χ0n) is 15.0. The van der Waals surface area contributed by atoms with Crippen LogP contribution in [0, 0.1) is 18.3 Å². The van der Waals surface area contributed by atoms with Gasteiger partial charge in [-0.15, -0.1) is 0 Å². The van der Waals surface area contributed by atoms with Gasteiger partial charge in [0.25, 0.3) is 5.91 Å². The topological polar surface area (TPSA) is 92.3 Å². The van der Waals surface area contributed by atoms with Crippen molar-refractivity contribution in [2.45, 2.75) is 6.92 Å². The second-order valence-electron chi connectivity index (χ2n) is 5.76. The molecular formula is C20H16ClN5O2. The first-order valence-electron chi connectivity index (χ1n) is 8.34. The molecule has 3 aromatic rings.